The van der Waals surface area contributed by atoms with Gasteiger partial charge in [-0.2, -0.15) is 18.3 Å². The maximum Gasteiger partial charge on any atom is 0.216 e. The van der Waals surface area contributed by atoms with E-state index in [0.29, 0.717) is 0 Å². The number of nitrogens with zero attached hydrogens (tertiary/aromatic N) is 12. The Morgan fingerprint density at radius 1 is 0.310 bits per heavy atom. The molecule has 0 aliphatic heterocycles. The third-order valence-corrected chi connectivity index (χ3v) is 16.4. The summed E-state index contributed by atoms with van der Waals surface area (Å²) in [6, 6.07) is 50.8. The number of aromatic nitrogens is 12. The van der Waals surface area contributed by atoms with Crippen LogP contribution in [0.25, 0.3) is 77.5 Å². The van der Waals surface area contributed by atoms with Crippen LogP contribution in [-0.2, 0) is 42.3 Å². The molecule has 0 atom stereocenters. The van der Waals surface area contributed by atoms with Crippen molar-refractivity contribution >= 4 is 54.8 Å². The number of pyridine rings is 5. The average Bonchev–Trinajstić information content (AvgIpc) is 3.88. The number of benzene rings is 4. The van der Waals surface area contributed by atoms with Crippen LogP contribution in [0.4, 0.5) is 0 Å². The quantitative estimate of drug-likeness (QED) is 0.165. The van der Waals surface area contributed by atoms with Gasteiger partial charge in [0, 0.05) is 129 Å². The van der Waals surface area contributed by atoms with E-state index in [-0.39, 0.29) is 0 Å². The molecule has 0 fully saturated rings. The maximum absolute atomic E-state index is 4.60. The van der Waals surface area contributed by atoms with Crippen LogP contribution in [0.2, 0.25) is 0 Å². The van der Waals surface area contributed by atoms with Gasteiger partial charge in [-0.05, 0) is 80.5 Å². The topological polar surface area (TPSA) is 69.8 Å². The fourth-order valence-electron chi connectivity index (χ4n) is 11.2. The molecular formula is C72H79N12+5. The molecule has 0 aliphatic rings. The van der Waals surface area contributed by atoms with E-state index >= 15 is 0 Å². The first kappa shape index (κ1) is 57.4. The predicted octanol–water partition coefficient (Wildman–Crippen LogP) is 12.4. The van der Waals surface area contributed by atoms with E-state index < -0.39 is 0 Å². The Morgan fingerprint density at radius 2 is 0.631 bits per heavy atom. The van der Waals surface area contributed by atoms with E-state index in [1.807, 2.05) is 59.3 Å². The predicted molar refractivity (Wildman–Crippen MR) is 340 cm³/mol. The largest absolute Gasteiger partial charge is 0.348 e. The Balaban J connectivity index is 0.000000118. The summed E-state index contributed by atoms with van der Waals surface area (Å²) in [5.41, 5.74) is 22.1. The summed E-state index contributed by atoms with van der Waals surface area (Å²) in [5.74, 6) is 2.07. The normalized spacial score (nSPS) is 11.0. The van der Waals surface area contributed by atoms with Gasteiger partial charge >= 0.3 is 0 Å². The lowest BCUT2D eigenvalue weighted by Crippen LogP contribution is -2.31. The highest BCUT2D eigenvalue weighted by Crippen LogP contribution is 2.21. The van der Waals surface area contributed by atoms with E-state index in [2.05, 4.69) is 309 Å². The smallest absolute Gasteiger partial charge is 0.216 e. The minimum absolute atomic E-state index is 1.02. The highest BCUT2D eigenvalue weighted by molar-refractivity contribution is 5.81. The monoisotopic (exact) mass is 1110 g/mol. The molecule has 0 spiro atoms. The molecule has 14 rings (SSSR count). The molecule has 0 aliphatic carbocycles. The van der Waals surface area contributed by atoms with Crippen molar-refractivity contribution in [2.45, 2.75) is 62.3 Å². The Hall–Kier alpha value is -9.81. The van der Waals surface area contributed by atoms with E-state index in [0.717, 1.165) is 33.9 Å². The van der Waals surface area contributed by atoms with Crippen LogP contribution >= 0.6 is 0 Å². The van der Waals surface area contributed by atoms with Crippen molar-refractivity contribution in [3.63, 3.8) is 0 Å². The Kier molecular flexibility index (Phi) is 16.6. The zero-order valence-electron chi connectivity index (χ0n) is 51.5. The van der Waals surface area contributed by atoms with Crippen LogP contribution in [0.1, 0.15) is 51.0 Å². The molecule has 0 N–H and O–H groups in total. The molecule has 10 heterocycles. The second kappa shape index (κ2) is 24.3. The molecule has 0 unspecified atom stereocenters. The van der Waals surface area contributed by atoms with E-state index in [1.54, 1.807) is 0 Å². The number of rotatable bonds is 4. The Bertz CT molecular complexity index is 4370. The van der Waals surface area contributed by atoms with Gasteiger partial charge in [0.1, 0.15) is 18.7 Å². The van der Waals surface area contributed by atoms with Gasteiger partial charge < -0.3 is 22.8 Å². The summed E-state index contributed by atoms with van der Waals surface area (Å²) in [5, 5.41) is 3.86. The van der Waals surface area contributed by atoms with Crippen LogP contribution in [0, 0.1) is 62.3 Å². The second-order valence-electron chi connectivity index (χ2n) is 22.2. The fraction of sp³-hybridized carbons (Fsp3) is 0.208. The summed E-state index contributed by atoms with van der Waals surface area (Å²) in [7, 11) is 12.4. The average molecular weight is 1110 g/mol. The maximum atomic E-state index is 4.60. The molecule has 14 aromatic rings. The molecule has 0 radical (unpaired) electrons. The van der Waals surface area contributed by atoms with Gasteiger partial charge in [-0.3, -0.25) is 0 Å². The number of hydrogen-bond donors (Lipinski definition) is 0. The van der Waals surface area contributed by atoms with Gasteiger partial charge in [-0.25, -0.2) is 14.5 Å². The minimum Gasteiger partial charge on any atom is -0.348 e. The van der Waals surface area contributed by atoms with Crippen LogP contribution in [0.5, 0.6) is 0 Å². The van der Waals surface area contributed by atoms with Crippen molar-refractivity contribution < 1.29 is 22.8 Å². The van der Waals surface area contributed by atoms with E-state index in [1.165, 1.54) is 94.6 Å². The molecule has 0 saturated heterocycles. The standard InChI is InChI=1S/C17H19N2.C16H18N3.C15H15N2.C14H14N3.C10H13N2/c1-12-6-5-7-13(2)17(12)19-9-8-16-15(11-19)10-14(3)18(16)4;1-11-6-5-7-12(2)16(11)19-9-8-15-14(10-19)17-13(3)18(15)4;1-12-10-13-11-17(9-8-15(13)16(12)2)14-6-4-3-5-7-14;1-11-15-13-10-17(9-8-14(13)16(11)2)12-6-4-3-5-7-12;1-8-6-9-7-11(2)5-4-10(9)12(8)3/h5-11H,1-4H3;5-10H,1-4H3;3-11H,1-2H3;3-10H,1-2H3;4-7H,1-3H3/q5*+1. The van der Waals surface area contributed by atoms with Crippen molar-refractivity contribution in [3.05, 3.63) is 259 Å². The number of imidazole rings is 2. The number of hydrogen-bond acceptors (Lipinski definition) is 2. The van der Waals surface area contributed by atoms with E-state index in [9.17, 15) is 0 Å². The van der Waals surface area contributed by atoms with Gasteiger partial charge in [0.15, 0.2) is 60.6 Å². The Morgan fingerprint density at radius 3 is 1.05 bits per heavy atom. The van der Waals surface area contributed by atoms with Crippen molar-refractivity contribution in [2.24, 2.45) is 42.3 Å². The summed E-state index contributed by atoms with van der Waals surface area (Å²) in [6.07, 6.45) is 21.2. The summed E-state index contributed by atoms with van der Waals surface area (Å²) < 4.78 is 21.6. The molecule has 12 nitrogen and oxygen atoms in total. The zero-order chi connectivity index (χ0) is 59.5. The Labute approximate surface area is 493 Å². The molecule has 0 amide bonds. The van der Waals surface area contributed by atoms with Crippen LogP contribution in [0.3, 0.4) is 0 Å². The zero-order valence-corrected chi connectivity index (χ0v) is 51.5. The molecule has 10 aromatic heterocycles. The number of para-hydroxylation sites is 4. The van der Waals surface area contributed by atoms with Crippen molar-refractivity contribution in [3.8, 4) is 22.7 Å². The van der Waals surface area contributed by atoms with E-state index in [4.69, 9.17) is 0 Å². The molecule has 84 heavy (non-hydrogen) atoms. The second-order valence-corrected chi connectivity index (χ2v) is 22.2. The fourth-order valence-corrected chi connectivity index (χ4v) is 11.2. The SMILES string of the molecule is Cc1cc2c[n+](-c3ccccc3)ccc2n1C.Cc1cc2c[n+](C)ccc2n1C.Cc1cccc(C)c1-[n+]1ccc2c(c1)nc(C)n2C.Cc1cccc(C)c1-[n+]1ccc2c(cc(C)n2C)c1.Cc1nc2c[n+](-c3ccccc3)ccc2n1C. The van der Waals surface area contributed by atoms with Crippen molar-refractivity contribution in [2.75, 3.05) is 0 Å². The minimum atomic E-state index is 1.02. The molecule has 4 aromatic carbocycles. The highest BCUT2D eigenvalue weighted by Gasteiger charge is 2.18. The van der Waals surface area contributed by atoms with Crippen molar-refractivity contribution in [1.82, 2.24) is 32.8 Å². The first-order valence-corrected chi connectivity index (χ1v) is 28.6. The molecule has 0 bridgehead atoms. The van der Waals surface area contributed by atoms with Gasteiger partial charge in [0.05, 0.1) is 43.7 Å². The summed E-state index contributed by atoms with van der Waals surface area (Å²) >= 11 is 0. The van der Waals surface area contributed by atoms with Crippen LogP contribution in [-0.4, -0.2) is 32.8 Å². The molecule has 422 valence electrons. The van der Waals surface area contributed by atoms with Crippen LogP contribution in [0.15, 0.2) is 208 Å². The lowest BCUT2D eigenvalue weighted by Gasteiger charge is -2.04. The lowest BCUT2D eigenvalue weighted by atomic mass is 10.1. The third-order valence-electron chi connectivity index (χ3n) is 16.4. The van der Waals surface area contributed by atoms with Crippen molar-refractivity contribution in [1.29, 1.82) is 0 Å². The summed E-state index contributed by atoms with van der Waals surface area (Å²) in [4.78, 5) is 9.14. The van der Waals surface area contributed by atoms with Gasteiger partial charge in [0.2, 0.25) is 35.1 Å². The lowest BCUT2D eigenvalue weighted by molar-refractivity contribution is -0.670. The number of aryl methyl sites for hydroxylation is 15. The summed E-state index contributed by atoms with van der Waals surface area (Å²) in [6.45, 7) is 19.1. The highest BCUT2D eigenvalue weighted by atomic mass is 15.1. The van der Waals surface area contributed by atoms with Crippen LogP contribution < -0.4 is 22.8 Å². The first-order chi connectivity index (χ1) is 40.3. The van der Waals surface area contributed by atoms with Gasteiger partial charge in [-0.1, -0.05) is 72.8 Å². The van der Waals surface area contributed by atoms with Gasteiger partial charge in [0.25, 0.3) is 0 Å². The molecule has 0 saturated carbocycles. The van der Waals surface area contributed by atoms with Gasteiger partial charge in [-0.15, -0.1) is 0 Å². The third kappa shape index (κ3) is 11.9. The number of fused-ring (bicyclic) bond motifs is 5. The molecule has 12 heteroatoms. The molecular weight excluding hydrogens is 1030 g/mol. The first-order valence-electron chi connectivity index (χ1n) is 28.6.